The van der Waals surface area contributed by atoms with Gasteiger partial charge in [0.15, 0.2) is 0 Å². The Morgan fingerprint density at radius 1 is 0.969 bits per heavy atom. The van der Waals surface area contributed by atoms with Gasteiger partial charge in [-0.05, 0) is 36.4 Å². The molecule has 0 atom stereocenters. The number of rotatable bonds is 5. The predicted molar refractivity (Wildman–Crippen MR) is 110 cm³/mol. The quantitative estimate of drug-likeness (QED) is 0.544. The average molecular weight is 487 g/mol. The molecule has 1 aliphatic heterocycles. The van der Waals surface area contributed by atoms with Crippen LogP contribution in [-0.2, 0) is 22.7 Å². The first-order valence-electron chi connectivity index (χ1n) is 9.61. The van der Waals surface area contributed by atoms with E-state index in [9.17, 15) is 21.6 Å². The van der Waals surface area contributed by atoms with Crippen LogP contribution in [0, 0.1) is 0 Å². The summed E-state index contributed by atoms with van der Waals surface area (Å²) < 4.78 is 70.7. The summed E-state index contributed by atoms with van der Waals surface area (Å²) >= 11 is 6.14. The summed E-state index contributed by atoms with van der Waals surface area (Å²) in [5, 5.41) is 8.54. The molecule has 0 bridgehead atoms. The Labute approximate surface area is 187 Å². The summed E-state index contributed by atoms with van der Waals surface area (Å²) in [6.07, 6.45) is -4.52. The maximum Gasteiger partial charge on any atom is 0.416 e. The van der Waals surface area contributed by atoms with Crippen molar-refractivity contribution in [2.45, 2.75) is 17.6 Å². The molecule has 3 aromatic rings. The minimum absolute atomic E-state index is 0.166. The van der Waals surface area contributed by atoms with Gasteiger partial charge in [0, 0.05) is 26.2 Å². The molecule has 7 nitrogen and oxygen atoms in total. The SMILES string of the molecule is O=S(=O)(c1ccc(C(F)(F)F)cc1)N1CCN(Cc2nnc(-c3ccccc3Cl)o2)CC1. The van der Waals surface area contributed by atoms with Gasteiger partial charge in [-0.1, -0.05) is 23.7 Å². The van der Waals surface area contributed by atoms with Gasteiger partial charge in [0.25, 0.3) is 0 Å². The minimum atomic E-state index is -4.52. The highest BCUT2D eigenvalue weighted by Crippen LogP contribution is 2.30. The van der Waals surface area contributed by atoms with Crippen LogP contribution in [0.4, 0.5) is 13.2 Å². The van der Waals surface area contributed by atoms with E-state index in [0.29, 0.717) is 42.0 Å². The van der Waals surface area contributed by atoms with Crippen LogP contribution in [0.25, 0.3) is 11.5 Å². The molecule has 2 aromatic carbocycles. The van der Waals surface area contributed by atoms with Crippen LogP contribution in [0.15, 0.2) is 57.8 Å². The van der Waals surface area contributed by atoms with E-state index in [2.05, 4.69) is 10.2 Å². The van der Waals surface area contributed by atoms with Gasteiger partial charge in [0.05, 0.1) is 27.6 Å². The highest BCUT2D eigenvalue weighted by Gasteiger charge is 2.32. The van der Waals surface area contributed by atoms with E-state index in [1.165, 1.54) is 4.31 Å². The van der Waals surface area contributed by atoms with E-state index in [1.54, 1.807) is 24.3 Å². The molecule has 0 aliphatic carbocycles. The number of alkyl halides is 3. The van der Waals surface area contributed by atoms with E-state index in [4.69, 9.17) is 16.0 Å². The molecule has 1 aliphatic rings. The molecule has 12 heteroatoms. The number of piperazine rings is 1. The van der Waals surface area contributed by atoms with Crippen molar-refractivity contribution >= 4 is 21.6 Å². The van der Waals surface area contributed by atoms with Crippen LogP contribution in [0.1, 0.15) is 11.5 Å². The summed E-state index contributed by atoms with van der Waals surface area (Å²) in [7, 11) is -3.88. The van der Waals surface area contributed by atoms with Crippen molar-refractivity contribution in [2.24, 2.45) is 0 Å². The third kappa shape index (κ3) is 4.80. The Hall–Kier alpha value is -2.47. The molecule has 2 heterocycles. The maximum absolute atomic E-state index is 12.8. The minimum Gasteiger partial charge on any atom is -0.419 e. The molecule has 0 unspecified atom stereocenters. The summed E-state index contributed by atoms with van der Waals surface area (Å²) in [5.74, 6) is 0.674. The Bertz CT molecular complexity index is 1190. The summed E-state index contributed by atoms with van der Waals surface area (Å²) in [5.41, 5.74) is -0.266. The summed E-state index contributed by atoms with van der Waals surface area (Å²) in [6, 6.07) is 10.6. The predicted octanol–water partition coefficient (Wildman–Crippen LogP) is 3.92. The lowest BCUT2D eigenvalue weighted by Gasteiger charge is -2.33. The highest BCUT2D eigenvalue weighted by molar-refractivity contribution is 7.89. The molecular formula is C20H18ClF3N4O3S. The number of nitrogens with zero attached hydrogens (tertiary/aromatic N) is 4. The lowest BCUT2D eigenvalue weighted by Crippen LogP contribution is -2.48. The van der Waals surface area contributed by atoms with Crippen LogP contribution >= 0.6 is 11.6 Å². The van der Waals surface area contributed by atoms with Gasteiger partial charge in [-0.25, -0.2) is 8.42 Å². The Balaban J connectivity index is 1.37. The van der Waals surface area contributed by atoms with Crippen molar-refractivity contribution in [3.8, 4) is 11.5 Å². The molecule has 0 saturated carbocycles. The second-order valence-corrected chi connectivity index (χ2v) is 9.53. The molecule has 1 saturated heterocycles. The summed E-state index contributed by atoms with van der Waals surface area (Å²) in [6.45, 7) is 1.53. The van der Waals surface area contributed by atoms with Crippen LogP contribution in [0.3, 0.4) is 0 Å². The largest absolute Gasteiger partial charge is 0.419 e. The monoisotopic (exact) mass is 486 g/mol. The van der Waals surface area contributed by atoms with Crippen molar-refractivity contribution in [1.82, 2.24) is 19.4 Å². The Morgan fingerprint density at radius 2 is 1.62 bits per heavy atom. The molecule has 0 amide bonds. The first-order valence-corrected chi connectivity index (χ1v) is 11.4. The molecular weight excluding hydrogens is 469 g/mol. The smallest absolute Gasteiger partial charge is 0.416 e. The maximum atomic E-state index is 12.8. The zero-order valence-corrected chi connectivity index (χ0v) is 18.2. The van der Waals surface area contributed by atoms with E-state index in [-0.39, 0.29) is 18.0 Å². The van der Waals surface area contributed by atoms with Crippen LogP contribution in [-0.4, -0.2) is 54.0 Å². The van der Waals surface area contributed by atoms with E-state index >= 15 is 0 Å². The highest BCUT2D eigenvalue weighted by atomic mass is 35.5. The van der Waals surface area contributed by atoms with Crippen molar-refractivity contribution < 1.29 is 26.0 Å². The Morgan fingerprint density at radius 3 is 2.25 bits per heavy atom. The first-order chi connectivity index (χ1) is 15.1. The molecule has 0 N–H and O–H groups in total. The standard InChI is InChI=1S/C20H18ClF3N4O3S/c21-17-4-2-1-3-16(17)19-26-25-18(31-19)13-27-9-11-28(12-10-27)32(29,30)15-7-5-14(6-8-15)20(22,23)24/h1-8H,9-13H2. The number of hydrogen-bond donors (Lipinski definition) is 0. The van der Waals surface area contributed by atoms with E-state index in [1.807, 2.05) is 4.90 Å². The van der Waals surface area contributed by atoms with Crippen LogP contribution in [0.5, 0.6) is 0 Å². The first kappa shape index (κ1) is 22.7. The third-order valence-electron chi connectivity index (χ3n) is 5.08. The number of sulfonamides is 1. The van der Waals surface area contributed by atoms with E-state index in [0.717, 1.165) is 24.3 Å². The van der Waals surface area contributed by atoms with Crippen LogP contribution < -0.4 is 0 Å². The van der Waals surface area contributed by atoms with Crippen molar-refractivity contribution in [3.63, 3.8) is 0 Å². The van der Waals surface area contributed by atoms with Crippen molar-refractivity contribution in [2.75, 3.05) is 26.2 Å². The fourth-order valence-electron chi connectivity index (χ4n) is 3.35. The molecule has 0 radical (unpaired) electrons. The molecule has 170 valence electrons. The van der Waals surface area contributed by atoms with Crippen LogP contribution in [0.2, 0.25) is 5.02 Å². The van der Waals surface area contributed by atoms with Crippen molar-refractivity contribution in [3.05, 3.63) is 65.0 Å². The third-order valence-corrected chi connectivity index (χ3v) is 7.32. The number of aromatic nitrogens is 2. The van der Waals surface area contributed by atoms with Gasteiger partial charge in [-0.15, -0.1) is 10.2 Å². The number of benzene rings is 2. The van der Waals surface area contributed by atoms with E-state index < -0.39 is 21.8 Å². The fourth-order valence-corrected chi connectivity index (χ4v) is 4.98. The molecule has 1 fully saturated rings. The number of halogens is 4. The fraction of sp³-hybridized carbons (Fsp3) is 0.300. The van der Waals surface area contributed by atoms with Gasteiger partial charge in [-0.2, -0.15) is 17.5 Å². The molecule has 4 rings (SSSR count). The zero-order chi connectivity index (χ0) is 22.9. The second-order valence-electron chi connectivity index (χ2n) is 7.18. The van der Waals surface area contributed by atoms with Gasteiger partial charge >= 0.3 is 6.18 Å². The average Bonchev–Trinajstić information content (AvgIpc) is 3.22. The topological polar surface area (TPSA) is 79.5 Å². The summed E-state index contributed by atoms with van der Waals surface area (Å²) in [4.78, 5) is 1.79. The normalized spacial score (nSPS) is 16.4. The van der Waals surface area contributed by atoms with Gasteiger partial charge in [-0.3, -0.25) is 4.90 Å². The lowest BCUT2D eigenvalue weighted by molar-refractivity contribution is -0.137. The second kappa shape index (κ2) is 8.81. The molecule has 1 aromatic heterocycles. The zero-order valence-electron chi connectivity index (χ0n) is 16.6. The number of hydrogen-bond acceptors (Lipinski definition) is 6. The van der Waals surface area contributed by atoms with Gasteiger partial charge in [0.2, 0.25) is 21.8 Å². The Kier molecular flexibility index (Phi) is 6.26. The van der Waals surface area contributed by atoms with Crippen molar-refractivity contribution in [1.29, 1.82) is 0 Å². The van der Waals surface area contributed by atoms with Gasteiger partial charge in [0.1, 0.15) is 0 Å². The lowest BCUT2D eigenvalue weighted by atomic mass is 10.2. The molecule has 32 heavy (non-hydrogen) atoms. The van der Waals surface area contributed by atoms with Gasteiger partial charge < -0.3 is 4.42 Å². The molecule has 0 spiro atoms.